The average Bonchev–Trinajstić information content (AvgIpc) is 2.45. The number of rotatable bonds is 6. The second-order valence-electron chi connectivity index (χ2n) is 5.71. The largest absolute Gasteiger partial charge is 0.381 e. The first-order valence-electron chi connectivity index (χ1n) is 7.83. The van der Waals surface area contributed by atoms with Crippen molar-refractivity contribution in [3.05, 3.63) is 0 Å². The summed E-state index contributed by atoms with van der Waals surface area (Å²) in [6, 6.07) is 0.626. The van der Waals surface area contributed by atoms with Crippen molar-refractivity contribution in [2.24, 2.45) is 5.92 Å². The van der Waals surface area contributed by atoms with Crippen molar-refractivity contribution in [1.29, 1.82) is 0 Å². The lowest BCUT2D eigenvalue weighted by molar-refractivity contribution is 0.00146. The third kappa shape index (κ3) is 4.52. The normalized spacial score (nSPS) is 31.2. The highest BCUT2D eigenvalue weighted by atomic mass is 16.5. The zero-order chi connectivity index (χ0) is 12.6. The fourth-order valence-electron chi connectivity index (χ4n) is 3.25. The van der Waals surface area contributed by atoms with Crippen LogP contribution >= 0.6 is 0 Å². The lowest BCUT2D eigenvalue weighted by Crippen LogP contribution is -2.41. The van der Waals surface area contributed by atoms with Gasteiger partial charge < -0.3 is 14.8 Å². The molecule has 0 amide bonds. The molecule has 106 valence electrons. The highest BCUT2D eigenvalue weighted by Gasteiger charge is 2.25. The van der Waals surface area contributed by atoms with E-state index in [-0.39, 0.29) is 0 Å². The van der Waals surface area contributed by atoms with Gasteiger partial charge in [0.05, 0.1) is 12.7 Å². The summed E-state index contributed by atoms with van der Waals surface area (Å²) in [5.41, 5.74) is 0. The summed E-state index contributed by atoms with van der Waals surface area (Å²) in [5.74, 6) is 0.710. The first-order valence-corrected chi connectivity index (χ1v) is 7.83. The molecule has 0 aromatic carbocycles. The Labute approximate surface area is 112 Å². The van der Waals surface area contributed by atoms with Crippen LogP contribution in [0.5, 0.6) is 0 Å². The van der Waals surface area contributed by atoms with Crippen molar-refractivity contribution in [2.75, 3.05) is 26.4 Å². The van der Waals surface area contributed by atoms with Gasteiger partial charge in [0.15, 0.2) is 0 Å². The van der Waals surface area contributed by atoms with E-state index in [1.807, 2.05) is 0 Å². The van der Waals surface area contributed by atoms with Crippen LogP contribution in [0.25, 0.3) is 0 Å². The molecule has 0 spiro atoms. The van der Waals surface area contributed by atoms with Crippen LogP contribution in [0.15, 0.2) is 0 Å². The summed E-state index contributed by atoms with van der Waals surface area (Å²) in [6.07, 6.45) is 9.40. The Balaban J connectivity index is 1.73. The van der Waals surface area contributed by atoms with Crippen LogP contribution in [0.2, 0.25) is 0 Å². The van der Waals surface area contributed by atoms with Crippen LogP contribution in [-0.4, -0.2) is 38.5 Å². The van der Waals surface area contributed by atoms with Crippen molar-refractivity contribution < 1.29 is 9.47 Å². The van der Waals surface area contributed by atoms with Crippen molar-refractivity contribution in [2.45, 2.75) is 64.0 Å². The van der Waals surface area contributed by atoms with Crippen LogP contribution in [0.4, 0.5) is 0 Å². The quantitative estimate of drug-likeness (QED) is 0.791. The topological polar surface area (TPSA) is 30.5 Å². The Hall–Kier alpha value is -0.120. The van der Waals surface area contributed by atoms with Gasteiger partial charge in [0.1, 0.15) is 0 Å². The maximum atomic E-state index is 5.83. The minimum absolute atomic E-state index is 0.518. The van der Waals surface area contributed by atoms with Crippen LogP contribution in [-0.2, 0) is 9.47 Å². The first kappa shape index (κ1) is 14.3. The molecular weight excluding hydrogens is 226 g/mol. The molecule has 0 aromatic rings. The monoisotopic (exact) mass is 255 g/mol. The SMILES string of the molecule is CCNC(CCC1CCCCO1)C1CCCOC1. The molecule has 3 atom stereocenters. The van der Waals surface area contributed by atoms with Crippen molar-refractivity contribution in [3.8, 4) is 0 Å². The van der Waals surface area contributed by atoms with Gasteiger partial charge >= 0.3 is 0 Å². The fourth-order valence-corrected chi connectivity index (χ4v) is 3.25. The fraction of sp³-hybridized carbons (Fsp3) is 1.00. The lowest BCUT2D eigenvalue weighted by Gasteiger charge is -2.32. The van der Waals surface area contributed by atoms with Crippen molar-refractivity contribution >= 4 is 0 Å². The van der Waals surface area contributed by atoms with Gasteiger partial charge in [-0.1, -0.05) is 6.92 Å². The van der Waals surface area contributed by atoms with E-state index >= 15 is 0 Å². The molecule has 2 fully saturated rings. The van der Waals surface area contributed by atoms with Crippen LogP contribution < -0.4 is 5.32 Å². The van der Waals surface area contributed by atoms with Gasteiger partial charge in [-0.05, 0) is 57.4 Å². The number of hydrogen-bond acceptors (Lipinski definition) is 3. The average molecular weight is 255 g/mol. The minimum atomic E-state index is 0.518. The molecule has 0 saturated carbocycles. The molecular formula is C15H29NO2. The van der Waals surface area contributed by atoms with Gasteiger partial charge in [0, 0.05) is 19.3 Å². The van der Waals surface area contributed by atoms with Gasteiger partial charge in [-0.25, -0.2) is 0 Å². The van der Waals surface area contributed by atoms with Gasteiger partial charge in [-0.15, -0.1) is 0 Å². The summed E-state index contributed by atoms with van der Waals surface area (Å²) in [5, 5.41) is 3.66. The highest BCUT2D eigenvalue weighted by Crippen LogP contribution is 2.23. The molecule has 3 unspecified atom stereocenters. The molecule has 2 rings (SSSR count). The molecule has 18 heavy (non-hydrogen) atoms. The minimum Gasteiger partial charge on any atom is -0.381 e. The van der Waals surface area contributed by atoms with E-state index in [0.717, 1.165) is 26.4 Å². The van der Waals surface area contributed by atoms with Crippen LogP contribution in [0.1, 0.15) is 51.9 Å². The van der Waals surface area contributed by atoms with E-state index in [1.165, 1.54) is 44.9 Å². The zero-order valence-electron chi connectivity index (χ0n) is 11.8. The van der Waals surface area contributed by atoms with E-state index in [9.17, 15) is 0 Å². The second-order valence-corrected chi connectivity index (χ2v) is 5.71. The predicted molar refractivity (Wildman–Crippen MR) is 73.8 cm³/mol. The maximum absolute atomic E-state index is 5.83. The molecule has 2 aliphatic heterocycles. The highest BCUT2D eigenvalue weighted by molar-refractivity contribution is 4.79. The van der Waals surface area contributed by atoms with Crippen LogP contribution in [0.3, 0.4) is 0 Å². The maximum Gasteiger partial charge on any atom is 0.0575 e. The number of nitrogens with one attached hydrogen (secondary N) is 1. The summed E-state index contributed by atoms with van der Waals surface area (Å²) in [7, 11) is 0. The molecule has 3 heteroatoms. The Kier molecular flexibility index (Phi) is 6.46. The van der Waals surface area contributed by atoms with E-state index in [0.29, 0.717) is 18.1 Å². The second kappa shape index (κ2) is 8.13. The Bertz CT molecular complexity index is 211. The molecule has 1 N–H and O–H groups in total. The van der Waals surface area contributed by atoms with E-state index in [2.05, 4.69) is 12.2 Å². The molecule has 2 heterocycles. The molecule has 0 bridgehead atoms. The Morgan fingerprint density at radius 3 is 2.78 bits per heavy atom. The Morgan fingerprint density at radius 1 is 1.17 bits per heavy atom. The molecule has 2 aliphatic rings. The van der Waals surface area contributed by atoms with Gasteiger partial charge in [0.2, 0.25) is 0 Å². The van der Waals surface area contributed by atoms with Gasteiger partial charge in [0.25, 0.3) is 0 Å². The summed E-state index contributed by atoms with van der Waals surface area (Å²) >= 11 is 0. The number of ether oxygens (including phenoxy) is 2. The van der Waals surface area contributed by atoms with Crippen LogP contribution in [0, 0.1) is 5.92 Å². The van der Waals surface area contributed by atoms with E-state index in [1.54, 1.807) is 0 Å². The zero-order valence-corrected chi connectivity index (χ0v) is 11.8. The molecule has 2 saturated heterocycles. The molecule has 0 radical (unpaired) electrons. The third-order valence-corrected chi connectivity index (χ3v) is 4.30. The van der Waals surface area contributed by atoms with E-state index in [4.69, 9.17) is 9.47 Å². The first-order chi connectivity index (χ1) is 8.90. The van der Waals surface area contributed by atoms with Crippen molar-refractivity contribution in [1.82, 2.24) is 5.32 Å². The van der Waals surface area contributed by atoms with Gasteiger partial charge in [-0.2, -0.15) is 0 Å². The molecule has 0 aliphatic carbocycles. The molecule has 3 nitrogen and oxygen atoms in total. The molecule has 0 aromatic heterocycles. The predicted octanol–water partition coefficient (Wildman–Crippen LogP) is 2.74. The third-order valence-electron chi connectivity index (χ3n) is 4.30. The van der Waals surface area contributed by atoms with E-state index < -0.39 is 0 Å². The summed E-state index contributed by atoms with van der Waals surface area (Å²) in [4.78, 5) is 0. The summed E-state index contributed by atoms with van der Waals surface area (Å²) < 4.78 is 11.5. The van der Waals surface area contributed by atoms with Gasteiger partial charge in [-0.3, -0.25) is 0 Å². The summed E-state index contributed by atoms with van der Waals surface area (Å²) in [6.45, 7) is 6.15. The standard InChI is InChI=1S/C15H29NO2/c1-2-16-15(13-6-5-10-17-12-13)9-8-14-7-3-4-11-18-14/h13-16H,2-12H2,1H3. The number of hydrogen-bond donors (Lipinski definition) is 1. The smallest absolute Gasteiger partial charge is 0.0575 e. The Morgan fingerprint density at radius 2 is 2.11 bits per heavy atom. The lowest BCUT2D eigenvalue weighted by atomic mass is 9.89. The van der Waals surface area contributed by atoms with Crippen molar-refractivity contribution in [3.63, 3.8) is 0 Å².